The second-order valence-corrected chi connectivity index (χ2v) is 5.76. The number of nitrogens with zero attached hydrogens (tertiary/aromatic N) is 1. The number of piperidine rings is 1. The van der Waals surface area contributed by atoms with E-state index in [1.807, 2.05) is 12.1 Å². The van der Waals surface area contributed by atoms with Crippen molar-refractivity contribution in [2.75, 3.05) is 18.4 Å². The van der Waals surface area contributed by atoms with Gasteiger partial charge in [0.2, 0.25) is 0 Å². The zero-order valence-electron chi connectivity index (χ0n) is 10.6. The van der Waals surface area contributed by atoms with Gasteiger partial charge in [0.15, 0.2) is 0 Å². The van der Waals surface area contributed by atoms with Crippen LogP contribution >= 0.6 is 15.9 Å². The van der Waals surface area contributed by atoms with Gasteiger partial charge >= 0.3 is 0 Å². The molecular formula is C14H17BrN4. The molecular weight excluding hydrogens is 304 g/mol. The van der Waals surface area contributed by atoms with Gasteiger partial charge < -0.3 is 10.6 Å². The van der Waals surface area contributed by atoms with Crippen molar-refractivity contribution in [3.63, 3.8) is 0 Å². The van der Waals surface area contributed by atoms with Gasteiger partial charge in [-0.05, 0) is 43.6 Å². The van der Waals surface area contributed by atoms with E-state index in [1.165, 1.54) is 0 Å². The normalized spacial score (nSPS) is 16.5. The SMILES string of the molecule is Brc1ccc(-c2cc(NC3CCNCC3)n[nH]2)cc1. The van der Waals surface area contributed by atoms with Crippen molar-refractivity contribution in [1.82, 2.24) is 15.5 Å². The molecule has 2 aromatic rings. The smallest absolute Gasteiger partial charge is 0.148 e. The van der Waals surface area contributed by atoms with Gasteiger partial charge in [0.1, 0.15) is 5.82 Å². The van der Waals surface area contributed by atoms with Gasteiger partial charge in [-0.2, -0.15) is 5.10 Å². The molecule has 2 heterocycles. The molecule has 19 heavy (non-hydrogen) atoms. The Balaban J connectivity index is 1.70. The molecule has 3 N–H and O–H groups in total. The molecule has 1 aliphatic rings. The van der Waals surface area contributed by atoms with E-state index in [1.54, 1.807) is 0 Å². The van der Waals surface area contributed by atoms with Gasteiger partial charge in [0, 0.05) is 16.6 Å². The molecule has 0 spiro atoms. The number of benzene rings is 1. The van der Waals surface area contributed by atoms with E-state index in [2.05, 4.69) is 55.0 Å². The van der Waals surface area contributed by atoms with E-state index >= 15 is 0 Å². The van der Waals surface area contributed by atoms with Crippen LogP contribution in [0.25, 0.3) is 11.3 Å². The van der Waals surface area contributed by atoms with E-state index < -0.39 is 0 Å². The van der Waals surface area contributed by atoms with Crippen LogP contribution in [0.3, 0.4) is 0 Å². The first kappa shape index (κ1) is 12.7. The summed E-state index contributed by atoms with van der Waals surface area (Å²) >= 11 is 3.44. The molecule has 1 aliphatic heterocycles. The summed E-state index contributed by atoms with van der Waals surface area (Å²) in [6, 6.07) is 10.8. The third kappa shape index (κ3) is 3.16. The van der Waals surface area contributed by atoms with Crippen LogP contribution in [0.4, 0.5) is 5.82 Å². The van der Waals surface area contributed by atoms with Crippen LogP contribution in [-0.4, -0.2) is 29.3 Å². The number of nitrogens with one attached hydrogen (secondary N) is 3. The van der Waals surface area contributed by atoms with E-state index in [-0.39, 0.29) is 0 Å². The van der Waals surface area contributed by atoms with Gasteiger partial charge in [-0.15, -0.1) is 0 Å². The van der Waals surface area contributed by atoms with E-state index in [0.29, 0.717) is 6.04 Å². The van der Waals surface area contributed by atoms with Crippen molar-refractivity contribution < 1.29 is 0 Å². The van der Waals surface area contributed by atoms with Crippen molar-refractivity contribution in [2.45, 2.75) is 18.9 Å². The molecule has 4 nitrogen and oxygen atoms in total. The summed E-state index contributed by atoms with van der Waals surface area (Å²) in [5.41, 5.74) is 2.19. The van der Waals surface area contributed by atoms with Crippen LogP contribution in [-0.2, 0) is 0 Å². The maximum absolute atomic E-state index is 4.34. The van der Waals surface area contributed by atoms with Crippen LogP contribution < -0.4 is 10.6 Å². The Labute approximate surface area is 121 Å². The Morgan fingerprint density at radius 1 is 1.16 bits per heavy atom. The monoisotopic (exact) mass is 320 g/mol. The maximum Gasteiger partial charge on any atom is 0.148 e. The largest absolute Gasteiger partial charge is 0.366 e. The number of aromatic amines is 1. The number of hydrogen-bond donors (Lipinski definition) is 3. The number of hydrogen-bond acceptors (Lipinski definition) is 3. The Kier molecular flexibility index (Phi) is 3.84. The molecule has 1 aromatic carbocycles. The Morgan fingerprint density at radius 2 is 1.89 bits per heavy atom. The fraction of sp³-hybridized carbons (Fsp3) is 0.357. The molecule has 0 amide bonds. The average Bonchev–Trinajstić information content (AvgIpc) is 2.89. The molecule has 1 fully saturated rings. The highest BCUT2D eigenvalue weighted by molar-refractivity contribution is 9.10. The second-order valence-electron chi connectivity index (χ2n) is 4.84. The van der Waals surface area contributed by atoms with Crippen molar-refractivity contribution in [3.8, 4) is 11.3 Å². The number of aromatic nitrogens is 2. The molecule has 1 aromatic heterocycles. The standard InChI is InChI=1S/C14H17BrN4/c15-11-3-1-10(2-4-11)13-9-14(19-18-13)17-12-5-7-16-8-6-12/h1-4,9,12,16H,5-8H2,(H2,17,18,19). The Bertz CT molecular complexity index is 529. The second kappa shape index (κ2) is 5.75. The number of anilines is 1. The predicted molar refractivity (Wildman–Crippen MR) is 81.2 cm³/mol. The highest BCUT2D eigenvalue weighted by atomic mass is 79.9. The van der Waals surface area contributed by atoms with Gasteiger partial charge in [-0.25, -0.2) is 0 Å². The highest BCUT2D eigenvalue weighted by Crippen LogP contribution is 2.22. The molecule has 1 saturated heterocycles. The fourth-order valence-electron chi connectivity index (χ4n) is 2.35. The van der Waals surface area contributed by atoms with Gasteiger partial charge in [-0.3, -0.25) is 5.10 Å². The minimum atomic E-state index is 0.530. The van der Waals surface area contributed by atoms with Crippen LogP contribution in [0.1, 0.15) is 12.8 Å². The third-order valence-electron chi connectivity index (χ3n) is 3.42. The highest BCUT2D eigenvalue weighted by Gasteiger charge is 2.13. The molecule has 0 atom stereocenters. The number of H-pyrrole nitrogens is 1. The van der Waals surface area contributed by atoms with Crippen LogP contribution in [0.2, 0.25) is 0 Å². The molecule has 3 rings (SSSR count). The molecule has 0 saturated carbocycles. The first-order valence-corrected chi connectivity index (χ1v) is 7.39. The minimum Gasteiger partial charge on any atom is -0.366 e. The lowest BCUT2D eigenvalue weighted by Gasteiger charge is -2.23. The molecule has 5 heteroatoms. The van der Waals surface area contributed by atoms with Gasteiger partial charge in [0.25, 0.3) is 0 Å². The van der Waals surface area contributed by atoms with Crippen molar-refractivity contribution in [1.29, 1.82) is 0 Å². The first-order valence-electron chi connectivity index (χ1n) is 6.60. The lowest BCUT2D eigenvalue weighted by atomic mass is 10.1. The zero-order valence-corrected chi connectivity index (χ0v) is 12.2. The van der Waals surface area contributed by atoms with Crippen molar-refractivity contribution >= 4 is 21.7 Å². The number of rotatable bonds is 3. The maximum atomic E-state index is 4.34. The van der Waals surface area contributed by atoms with Crippen molar-refractivity contribution in [2.24, 2.45) is 0 Å². The summed E-state index contributed by atoms with van der Waals surface area (Å²) in [5.74, 6) is 0.935. The molecule has 0 bridgehead atoms. The summed E-state index contributed by atoms with van der Waals surface area (Å²) in [6.45, 7) is 2.17. The molecule has 100 valence electrons. The minimum absolute atomic E-state index is 0.530. The Morgan fingerprint density at radius 3 is 2.63 bits per heavy atom. The topological polar surface area (TPSA) is 52.7 Å². The number of halogens is 1. The average molecular weight is 321 g/mol. The Hall–Kier alpha value is -1.33. The van der Waals surface area contributed by atoms with Gasteiger partial charge in [-0.1, -0.05) is 28.1 Å². The van der Waals surface area contributed by atoms with Gasteiger partial charge in [0.05, 0.1) is 5.69 Å². The van der Waals surface area contributed by atoms with E-state index in [0.717, 1.165) is 47.5 Å². The van der Waals surface area contributed by atoms with Crippen LogP contribution in [0.15, 0.2) is 34.8 Å². The summed E-state index contributed by atoms with van der Waals surface area (Å²) < 4.78 is 1.09. The predicted octanol–water partition coefficient (Wildman–Crippen LogP) is 3.00. The van der Waals surface area contributed by atoms with E-state index in [9.17, 15) is 0 Å². The quantitative estimate of drug-likeness (QED) is 0.814. The molecule has 0 aliphatic carbocycles. The van der Waals surface area contributed by atoms with Crippen LogP contribution in [0.5, 0.6) is 0 Å². The third-order valence-corrected chi connectivity index (χ3v) is 3.95. The van der Waals surface area contributed by atoms with E-state index in [4.69, 9.17) is 0 Å². The molecule has 0 radical (unpaired) electrons. The lowest BCUT2D eigenvalue weighted by molar-refractivity contribution is 0.478. The summed E-state index contributed by atoms with van der Waals surface area (Å²) in [5, 5.41) is 14.3. The van der Waals surface area contributed by atoms with Crippen LogP contribution in [0, 0.1) is 0 Å². The molecule has 0 unspecified atom stereocenters. The zero-order chi connectivity index (χ0) is 13.1. The van der Waals surface area contributed by atoms with Crippen molar-refractivity contribution in [3.05, 3.63) is 34.8 Å². The summed E-state index contributed by atoms with van der Waals surface area (Å²) in [6.07, 6.45) is 2.31. The lowest BCUT2D eigenvalue weighted by Crippen LogP contribution is -2.35. The summed E-state index contributed by atoms with van der Waals surface area (Å²) in [7, 11) is 0. The summed E-state index contributed by atoms with van der Waals surface area (Å²) in [4.78, 5) is 0. The fourth-order valence-corrected chi connectivity index (χ4v) is 2.61. The first-order chi connectivity index (χ1) is 9.31.